The SMILES string of the molecule is CCc1ccc(C[C@@]2(C)Cc3cc(C(=O)N(CC(=O)O)CC4CCCCC4)ccc3O2)cc1. The van der Waals surface area contributed by atoms with Gasteiger partial charge in [0.25, 0.3) is 5.91 Å². The molecule has 5 nitrogen and oxygen atoms in total. The fraction of sp³-hybridized carbons (Fsp3) is 0.500. The fourth-order valence-corrected chi connectivity index (χ4v) is 5.32. The van der Waals surface area contributed by atoms with E-state index < -0.39 is 5.97 Å². The number of carboxylic acid groups (broad SMARTS) is 1. The van der Waals surface area contributed by atoms with Crippen molar-refractivity contribution < 1.29 is 19.4 Å². The van der Waals surface area contributed by atoms with Gasteiger partial charge in [-0.2, -0.15) is 0 Å². The van der Waals surface area contributed by atoms with Gasteiger partial charge in [0.15, 0.2) is 0 Å². The average molecular weight is 450 g/mol. The van der Waals surface area contributed by atoms with E-state index in [0.29, 0.717) is 18.0 Å². The molecule has 1 atom stereocenters. The van der Waals surface area contributed by atoms with Crippen LogP contribution in [0.4, 0.5) is 0 Å². The van der Waals surface area contributed by atoms with Crippen LogP contribution in [-0.2, 0) is 24.1 Å². The van der Waals surface area contributed by atoms with Crippen LogP contribution in [0.15, 0.2) is 42.5 Å². The van der Waals surface area contributed by atoms with Crippen molar-refractivity contribution in [2.24, 2.45) is 5.92 Å². The molecule has 1 N–H and O–H groups in total. The number of aryl methyl sites for hydroxylation is 1. The Hall–Kier alpha value is -2.82. The van der Waals surface area contributed by atoms with Crippen LogP contribution < -0.4 is 4.74 Å². The van der Waals surface area contributed by atoms with Gasteiger partial charge < -0.3 is 14.7 Å². The highest BCUT2D eigenvalue weighted by Gasteiger charge is 2.36. The zero-order valence-electron chi connectivity index (χ0n) is 19.8. The van der Waals surface area contributed by atoms with E-state index >= 15 is 0 Å². The molecule has 0 spiro atoms. The van der Waals surface area contributed by atoms with E-state index in [1.54, 1.807) is 6.07 Å². The minimum atomic E-state index is -0.967. The highest BCUT2D eigenvalue weighted by atomic mass is 16.5. The number of carbonyl (C=O) groups is 2. The van der Waals surface area contributed by atoms with Gasteiger partial charge in [0.05, 0.1) is 0 Å². The van der Waals surface area contributed by atoms with Crippen LogP contribution in [0.2, 0.25) is 0 Å². The Labute approximate surface area is 196 Å². The Balaban J connectivity index is 1.47. The zero-order chi connectivity index (χ0) is 23.4. The van der Waals surface area contributed by atoms with Crippen molar-refractivity contribution >= 4 is 11.9 Å². The van der Waals surface area contributed by atoms with Gasteiger partial charge in [-0.15, -0.1) is 0 Å². The van der Waals surface area contributed by atoms with E-state index in [-0.39, 0.29) is 18.1 Å². The van der Waals surface area contributed by atoms with Crippen LogP contribution in [0.1, 0.15) is 73.0 Å². The number of benzene rings is 2. The number of hydrogen-bond donors (Lipinski definition) is 1. The van der Waals surface area contributed by atoms with Gasteiger partial charge in [-0.05, 0) is 67.0 Å². The first-order valence-electron chi connectivity index (χ1n) is 12.3. The molecule has 2 aromatic rings. The van der Waals surface area contributed by atoms with Crippen molar-refractivity contribution in [2.45, 2.75) is 70.8 Å². The zero-order valence-corrected chi connectivity index (χ0v) is 19.8. The first kappa shape index (κ1) is 23.3. The largest absolute Gasteiger partial charge is 0.487 e. The lowest BCUT2D eigenvalue weighted by atomic mass is 9.88. The molecule has 0 bridgehead atoms. The van der Waals surface area contributed by atoms with Crippen LogP contribution in [0.5, 0.6) is 5.75 Å². The summed E-state index contributed by atoms with van der Waals surface area (Å²) >= 11 is 0. The highest BCUT2D eigenvalue weighted by Crippen LogP contribution is 2.38. The third kappa shape index (κ3) is 5.76. The Morgan fingerprint density at radius 3 is 2.42 bits per heavy atom. The number of carboxylic acids is 1. The predicted octanol–water partition coefficient (Wildman–Crippen LogP) is 5.29. The number of hydrogen-bond acceptors (Lipinski definition) is 3. The van der Waals surface area contributed by atoms with Gasteiger partial charge in [0.2, 0.25) is 0 Å². The van der Waals surface area contributed by atoms with Crippen molar-refractivity contribution in [3.63, 3.8) is 0 Å². The molecular weight excluding hydrogens is 414 g/mol. The molecular formula is C28H35NO4. The summed E-state index contributed by atoms with van der Waals surface area (Å²) in [4.78, 5) is 26.3. The molecule has 0 saturated heterocycles. The number of rotatable bonds is 8. The van der Waals surface area contributed by atoms with Crippen molar-refractivity contribution in [2.75, 3.05) is 13.1 Å². The smallest absolute Gasteiger partial charge is 0.323 e. The van der Waals surface area contributed by atoms with Gasteiger partial charge in [0.1, 0.15) is 17.9 Å². The maximum absolute atomic E-state index is 13.3. The number of aliphatic carboxylic acids is 1. The van der Waals surface area contributed by atoms with Gasteiger partial charge in [-0.1, -0.05) is 50.5 Å². The summed E-state index contributed by atoms with van der Waals surface area (Å²) in [7, 11) is 0. The van der Waals surface area contributed by atoms with Gasteiger partial charge in [-0.25, -0.2) is 0 Å². The first-order chi connectivity index (χ1) is 15.8. The summed E-state index contributed by atoms with van der Waals surface area (Å²) in [5, 5.41) is 9.39. The second kappa shape index (κ2) is 9.98. The van der Waals surface area contributed by atoms with Crippen molar-refractivity contribution in [3.8, 4) is 5.75 Å². The fourth-order valence-electron chi connectivity index (χ4n) is 5.32. The van der Waals surface area contributed by atoms with Crippen LogP contribution in [0.25, 0.3) is 0 Å². The summed E-state index contributed by atoms with van der Waals surface area (Å²) in [6.07, 6.45) is 8.23. The minimum Gasteiger partial charge on any atom is -0.487 e. The molecule has 1 heterocycles. The van der Waals surface area contributed by atoms with Gasteiger partial charge >= 0.3 is 5.97 Å². The van der Waals surface area contributed by atoms with E-state index in [9.17, 15) is 14.7 Å². The van der Waals surface area contributed by atoms with E-state index in [2.05, 4.69) is 38.1 Å². The summed E-state index contributed by atoms with van der Waals surface area (Å²) < 4.78 is 6.32. The number of ether oxygens (including phenoxy) is 1. The van der Waals surface area contributed by atoms with Crippen molar-refractivity contribution in [1.82, 2.24) is 4.90 Å². The molecule has 1 fully saturated rings. The molecule has 33 heavy (non-hydrogen) atoms. The lowest BCUT2D eigenvalue weighted by molar-refractivity contribution is -0.137. The third-order valence-corrected chi connectivity index (χ3v) is 7.05. The molecule has 4 rings (SSSR count). The van der Waals surface area contributed by atoms with E-state index in [1.807, 2.05) is 12.1 Å². The Morgan fingerprint density at radius 1 is 1.06 bits per heavy atom. The predicted molar refractivity (Wildman–Crippen MR) is 129 cm³/mol. The molecule has 1 saturated carbocycles. The molecule has 2 aromatic carbocycles. The standard InChI is InChI=1S/C28H35NO4/c1-3-20-9-11-21(12-10-20)16-28(2)17-24-15-23(13-14-25(24)33-28)27(32)29(19-26(30)31)18-22-7-5-4-6-8-22/h9-15,22H,3-8,16-19H2,1-2H3,(H,30,31)/t28-/m0/s1. The minimum absolute atomic E-state index is 0.200. The molecule has 5 heteroatoms. The summed E-state index contributed by atoms with van der Waals surface area (Å²) in [6, 6.07) is 14.2. The monoisotopic (exact) mass is 449 g/mol. The molecule has 1 aliphatic carbocycles. The number of amides is 1. The Bertz CT molecular complexity index is 993. The number of nitrogens with zero attached hydrogens (tertiary/aromatic N) is 1. The molecule has 0 aromatic heterocycles. The third-order valence-electron chi connectivity index (χ3n) is 7.05. The average Bonchev–Trinajstić information content (AvgIpc) is 3.14. The van der Waals surface area contributed by atoms with E-state index in [4.69, 9.17) is 4.74 Å². The second-order valence-electron chi connectivity index (χ2n) is 9.98. The Kier molecular flexibility index (Phi) is 7.06. The normalized spacial score (nSPS) is 20.2. The molecule has 2 aliphatic rings. The van der Waals surface area contributed by atoms with Crippen LogP contribution in [-0.4, -0.2) is 40.6 Å². The lowest BCUT2D eigenvalue weighted by Gasteiger charge is -2.29. The van der Waals surface area contributed by atoms with Gasteiger partial charge in [-0.3, -0.25) is 9.59 Å². The summed E-state index contributed by atoms with van der Waals surface area (Å²) in [5.74, 6) is 0.0401. The molecule has 1 aliphatic heterocycles. The Morgan fingerprint density at radius 2 is 1.76 bits per heavy atom. The number of fused-ring (bicyclic) bond motifs is 1. The van der Waals surface area contributed by atoms with Gasteiger partial charge in [0, 0.05) is 24.9 Å². The number of carbonyl (C=O) groups excluding carboxylic acids is 1. The van der Waals surface area contributed by atoms with Crippen LogP contribution in [0, 0.1) is 5.92 Å². The molecule has 176 valence electrons. The quantitative estimate of drug-likeness (QED) is 0.594. The molecule has 1 amide bonds. The molecule has 0 radical (unpaired) electrons. The summed E-state index contributed by atoms with van der Waals surface area (Å²) in [5.41, 5.74) is 3.76. The topological polar surface area (TPSA) is 66.8 Å². The molecule has 0 unspecified atom stereocenters. The first-order valence-corrected chi connectivity index (χ1v) is 12.3. The van der Waals surface area contributed by atoms with Crippen LogP contribution in [0.3, 0.4) is 0 Å². The second-order valence-corrected chi connectivity index (χ2v) is 9.98. The highest BCUT2D eigenvalue weighted by molar-refractivity contribution is 5.96. The lowest BCUT2D eigenvalue weighted by Crippen LogP contribution is -2.39. The maximum Gasteiger partial charge on any atom is 0.323 e. The maximum atomic E-state index is 13.3. The van der Waals surface area contributed by atoms with Crippen molar-refractivity contribution in [3.05, 3.63) is 64.7 Å². The van der Waals surface area contributed by atoms with E-state index in [0.717, 1.165) is 56.3 Å². The summed E-state index contributed by atoms with van der Waals surface area (Å²) in [6.45, 7) is 4.53. The van der Waals surface area contributed by atoms with Crippen LogP contribution >= 0.6 is 0 Å². The van der Waals surface area contributed by atoms with Crippen molar-refractivity contribution in [1.29, 1.82) is 0 Å². The van der Waals surface area contributed by atoms with E-state index in [1.165, 1.54) is 22.4 Å².